The van der Waals surface area contributed by atoms with E-state index in [1.807, 2.05) is 48.4 Å². The molecule has 2 aromatic rings. The van der Waals surface area contributed by atoms with Gasteiger partial charge in [-0.25, -0.2) is 0 Å². The molecular weight excluding hydrogens is 326 g/mol. The highest BCUT2D eigenvalue weighted by atomic mass is 16.5. The van der Waals surface area contributed by atoms with Crippen molar-refractivity contribution >= 4 is 5.91 Å². The molecule has 1 aliphatic heterocycles. The van der Waals surface area contributed by atoms with Gasteiger partial charge in [-0.2, -0.15) is 0 Å². The van der Waals surface area contributed by atoms with Gasteiger partial charge in [0, 0.05) is 44.1 Å². The number of amides is 1. The quantitative estimate of drug-likeness (QED) is 0.800. The van der Waals surface area contributed by atoms with E-state index in [1.54, 1.807) is 6.20 Å². The number of morpholine rings is 1. The van der Waals surface area contributed by atoms with Crippen molar-refractivity contribution in [3.63, 3.8) is 0 Å². The second-order valence-electron chi connectivity index (χ2n) is 6.64. The van der Waals surface area contributed by atoms with Crippen molar-refractivity contribution < 1.29 is 9.53 Å². The zero-order valence-electron chi connectivity index (χ0n) is 15.6. The lowest BCUT2D eigenvalue weighted by atomic mass is 10.1. The molecule has 1 atom stereocenters. The monoisotopic (exact) mass is 353 g/mol. The predicted octanol–water partition coefficient (Wildman–Crippen LogP) is 3.14. The summed E-state index contributed by atoms with van der Waals surface area (Å²) in [5.74, 6) is 0.0627. The lowest BCUT2D eigenvalue weighted by molar-refractivity contribution is 0.0341. The summed E-state index contributed by atoms with van der Waals surface area (Å²) >= 11 is 0. The number of pyridine rings is 1. The maximum atomic E-state index is 13.1. The number of benzene rings is 1. The minimum absolute atomic E-state index is 0.0101. The molecule has 1 saturated heterocycles. The standard InChI is InChI=1S/C21H27N3O2/c1-3-24(17(2)20-8-5-9-22-15-20)21(25)19-7-4-6-18(14-19)16-23-10-12-26-13-11-23/h4-9,14-15,17H,3,10-13,16H2,1-2H3. The topological polar surface area (TPSA) is 45.7 Å². The molecule has 5 heteroatoms. The summed E-state index contributed by atoms with van der Waals surface area (Å²) in [6.45, 7) is 9.03. The zero-order valence-corrected chi connectivity index (χ0v) is 15.6. The van der Waals surface area contributed by atoms with Gasteiger partial charge in [-0.3, -0.25) is 14.7 Å². The Kier molecular flexibility index (Phi) is 6.36. The van der Waals surface area contributed by atoms with Gasteiger partial charge in [-0.15, -0.1) is 0 Å². The van der Waals surface area contributed by atoms with E-state index in [0.29, 0.717) is 6.54 Å². The summed E-state index contributed by atoms with van der Waals surface area (Å²) < 4.78 is 5.41. The SMILES string of the molecule is CCN(C(=O)c1cccc(CN2CCOCC2)c1)C(C)c1cccnc1. The van der Waals surface area contributed by atoms with Crippen LogP contribution in [-0.2, 0) is 11.3 Å². The van der Waals surface area contributed by atoms with Gasteiger partial charge in [0.05, 0.1) is 19.3 Å². The molecular formula is C21H27N3O2. The Hall–Kier alpha value is -2.24. The first-order valence-corrected chi connectivity index (χ1v) is 9.29. The van der Waals surface area contributed by atoms with Crippen LogP contribution in [0.15, 0.2) is 48.8 Å². The molecule has 0 radical (unpaired) electrons. The third kappa shape index (κ3) is 4.48. The lowest BCUT2D eigenvalue weighted by Crippen LogP contribution is -2.36. The summed E-state index contributed by atoms with van der Waals surface area (Å²) in [5, 5.41) is 0. The van der Waals surface area contributed by atoms with Crippen LogP contribution in [0.4, 0.5) is 0 Å². The average Bonchev–Trinajstić information content (AvgIpc) is 2.70. The van der Waals surface area contributed by atoms with Crippen LogP contribution in [0.5, 0.6) is 0 Å². The Labute approximate surface area is 155 Å². The van der Waals surface area contributed by atoms with Crippen LogP contribution in [0.3, 0.4) is 0 Å². The number of carbonyl (C=O) groups is 1. The van der Waals surface area contributed by atoms with Crippen LogP contribution in [0.1, 0.15) is 41.4 Å². The van der Waals surface area contributed by atoms with E-state index in [0.717, 1.165) is 44.0 Å². The molecule has 0 N–H and O–H groups in total. The molecule has 26 heavy (non-hydrogen) atoms. The smallest absolute Gasteiger partial charge is 0.254 e. The molecule has 0 bridgehead atoms. The van der Waals surface area contributed by atoms with Gasteiger partial charge in [0.15, 0.2) is 0 Å². The lowest BCUT2D eigenvalue weighted by Gasteiger charge is -2.29. The summed E-state index contributed by atoms with van der Waals surface area (Å²) in [5.41, 5.74) is 2.96. The Morgan fingerprint density at radius 2 is 2.08 bits per heavy atom. The van der Waals surface area contributed by atoms with Crippen molar-refractivity contribution in [2.75, 3.05) is 32.8 Å². The Bertz CT molecular complexity index is 714. The number of nitrogens with zero attached hydrogens (tertiary/aromatic N) is 3. The Morgan fingerprint density at radius 1 is 1.27 bits per heavy atom. The van der Waals surface area contributed by atoms with Gasteiger partial charge >= 0.3 is 0 Å². The molecule has 1 amide bonds. The highest BCUT2D eigenvalue weighted by Crippen LogP contribution is 2.22. The molecule has 2 heterocycles. The minimum Gasteiger partial charge on any atom is -0.379 e. The third-order valence-corrected chi connectivity index (χ3v) is 4.92. The van der Waals surface area contributed by atoms with E-state index in [9.17, 15) is 4.79 Å². The number of aromatic nitrogens is 1. The summed E-state index contributed by atoms with van der Waals surface area (Å²) in [6.07, 6.45) is 3.58. The van der Waals surface area contributed by atoms with E-state index in [4.69, 9.17) is 4.74 Å². The molecule has 138 valence electrons. The van der Waals surface area contributed by atoms with Gasteiger partial charge in [0.1, 0.15) is 0 Å². The molecule has 0 saturated carbocycles. The molecule has 3 rings (SSSR count). The van der Waals surface area contributed by atoms with E-state index in [1.165, 1.54) is 5.56 Å². The molecule has 1 aromatic heterocycles. The minimum atomic E-state index is -0.0101. The number of hydrogen-bond donors (Lipinski definition) is 0. The predicted molar refractivity (Wildman–Crippen MR) is 102 cm³/mol. The van der Waals surface area contributed by atoms with E-state index >= 15 is 0 Å². The van der Waals surface area contributed by atoms with Crippen LogP contribution in [0, 0.1) is 0 Å². The Balaban J connectivity index is 1.74. The average molecular weight is 353 g/mol. The van der Waals surface area contributed by atoms with Crippen molar-refractivity contribution in [2.45, 2.75) is 26.4 Å². The molecule has 5 nitrogen and oxygen atoms in total. The normalized spacial score (nSPS) is 16.2. The van der Waals surface area contributed by atoms with E-state index < -0.39 is 0 Å². The molecule has 1 fully saturated rings. The highest BCUT2D eigenvalue weighted by molar-refractivity contribution is 5.94. The maximum Gasteiger partial charge on any atom is 0.254 e. The summed E-state index contributed by atoms with van der Waals surface area (Å²) in [7, 11) is 0. The largest absolute Gasteiger partial charge is 0.379 e. The van der Waals surface area contributed by atoms with Crippen LogP contribution in [0.2, 0.25) is 0 Å². The number of hydrogen-bond acceptors (Lipinski definition) is 4. The third-order valence-electron chi connectivity index (χ3n) is 4.92. The van der Waals surface area contributed by atoms with Crippen LogP contribution >= 0.6 is 0 Å². The Morgan fingerprint density at radius 3 is 2.77 bits per heavy atom. The maximum absolute atomic E-state index is 13.1. The second-order valence-corrected chi connectivity index (χ2v) is 6.64. The van der Waals surface area contributed by atoms with Gasteiger partial charge in [-0.05, 0) is 43.2 Å². The first kappa shape index (κ1) is 18.5. The number of carbonyl (C=O) groups excluding carboxylic acids is 1. The van der Waals surface area contributed by atoms with Crippen LogP contribution in [0.25, 0.3) is 0 Å². The summed E-state index contributed by atoms with van der Waals surface area (Å²) in [4.78, 5) is 21.5. The molecule has 1 aromatic carbocycles. The van der Waals surface area contributed by atoms with Crippen molar-refractivity contribution in [3.05, 3.63) is 65.5 Å². The first-order chi connectivity index (χ1) is 12.7. The fourth-order valence-corrected chi connectivity index (χ4v) is 3.38. The number of ether oxygens (including phenoxy) is 1. The van der Waals surface area contributed by atoms with E-state index in [-0.39, 0.29) is 11.9 Å². The fourth-order valence-electron chi connectivity index (χ4n) is 3.38. The molecule has 0 spiro atoms. The van der Waals surface area contributed by atoms with Crippen LogP contribution in [-0.4, -0.2) is 53.5 Å². The van der Waals surface area contributed by atoms with E-state index in [2.05, 4.69) is 22.9 Å². The van der Waals surface area contributed by atoms with Gasteiger partial charge < -0.3 is 9.64 Å². The second kappa shape index (κ2) is 8.92. The van der Waals surface area contributed by atoms with Crippen LogP contribution < -0.4 is 0 Å². The molecule has 1 aliphatic rings. The van der Waals surface area contributed by atoms with Gasteiger partial charge in [0.25, 0.3) is 5.91 Å². The van der Waals surface area contributed by atoms with Crippen molar-refractivity contribution in [2.24, 2.45) is 0 Å². The van der Waals surface area contributed by atoms with Crippen molar-refractivity contribution in [1.82, 2.24) is 14.8 Å². The molecule has 1 unspecified atom stereocenters. The van der Waals surface area contributed by atoms with Crippen molar-refractivity contribution in [1.29, 1.82) is 0 Å². The first-order valence-electron chi connectivity index (χ1n) is 9.29. The molecule has 0 aliphatic carbocycles. The van der Waals surface area contributed by atoms with Gasteiger partial charge in [0.2, 0.25) is 0 Å². The highest BCUT2D eigenvalue weighted by Gasteiger charge is 2.22. The fraction of sp³-hybridized carbons (Fsp3) is 0.429. The summed E-state index contributed by atoms with van der Waals surface area (Å²) in [6, 6.07) is 11.9. The number of rotatable bonds is 6. The zero-order chi connectivity index (χ0) is 18.4. The van der Waals surface area contributed by atoms with Crippen molar-refractivity contribution in [3.8, 4) is 0 Å². The van der Waals surface area contributed by atoms with Gasteiger partial charge in [-0.1, -0.05) is 18.2 Å².